The van der Waals surface area contributed by atoms with E-state index in [0.29, 0.717) is 0 Å². The van der Waals surface area contributed by atoms with Crippen LogP contribution in [-0.4, -0.2) is 39.9 Å². The molecule has 1 N–H and O–H groups in total. The predicted molar refractivity (Wildman–Crippen MR) is 99.3 cm³/mol. The number of benzene rings is 1. The van der Waals surface area contributed by atoms with Crippen LogP contribution in [0.5, 0.6) is 0 Å². The van der Waals surface area contributed by atoms with E-state index in [1.807, 2.05) is 0 Å². The molecule has 0 unspecified atom stereocenters. The fraction of sp³-hybridized carbons (Fsp3) is 0.235. The van der Waals surface area contributed by atoms with Crippen LogP contribution < -0.4 is 11.2 Å². The van der Waals surface area contributed by atoms with Crippen LogP contribution in [-0.2, 0) is 27.8 Å². The average Bonchev–Trinajstić information content (AvgIpc) is 3.15. The molecule has 0 amide bonds. The lowest BCUT2D eigenvalue weighted by Gasteiger charge is -2.11. The smallest absolute Gasteiger partial charge is 0.334 e. The minimum absolute atomic E-state index is 0.105. The van der Waals surface area contributed by atoms with Crippen LogP contribution in [0.3, 0.4) is 0 Å². The molecule has 0 saturated carbocycles. The largest absolute Gasteiger partial charge is 0.356 e. The van der Waals surface area contributed by atoms with Gasteiger partial charge in [0.1, 0.15) is 12.2 Å². The van der Waals surface area contributed by atoms with E-state index in [2.05, 4.69) is 16.5 Å². The van der Waals surface area contributed by atoms with Gasteiger partial charge in [-0.1, -0.05) is 24.3 Å². The highest BCUT2D eigenvalue weighted by Crippen LogP contribution is 2.10. The van der Waals surface area contributed by atoms with Gasteiger partial charge < -0.3 is 9.72 Å². The second-order valence-corrected chi connectivity index (χ2v) is 7.80. The first-order valence-electron chi connectivity index (χ1n) is 8.09. The van der Waals surface area contributed by atoms with Crippen LogP contribution in [0, 0.1) is 0 Å². The Kier molecular flexibility index (Phi) is 5.38. The lowest BCUT2D eigenvalue weighted by atomic mass is 10.4. The molecule has 27 heavy (non-hydrogen) atoms. The Bertz CT molecular complexity index is 1180. The van der Waals surface area contributed by atoms with Gasteiger partial charge in [-0.3, -0.25) is 13.9 Å². The zero-order chi connectivity index (χ0) is 19.4. The molecule has 3 aromatic rings. The van der Waals surface area contributed by atoms with Crippen LogP contribution in [0.2, 0.25) is 0 Å². The van der Waals surface area contributed by atoms with E-state index in [4.69, 9.17) is 4.74 Å². The number of ether oxygens (including phenoxy) is 1. The number of nitrogens with one attached hydrogen (secondary N) is 1. The number of imidazole rings is 1. The number of aromatic amines is 1. The van der Waals surface area contributed by atoms with Crippen molar-refractivity contribution in [2.45, 2.75) is 18.2 Å². The highest BCUT2D eigenvalue weighted by atomic mass is 32.2. The van der Waals surface area contributed by atoms with Crippen molar-refractivity contribution in [3.05, 3.63) is 70.2 Å². The van der Waals surface area contributed by atoms with Crippen molar-refractivity contribution >= 4 is 21.0 Å². The average molecular weight is 390 g/mol. The predicted octanol–water partition coefficient (Wildman–Crippen LogP) is 0.520. The fourth-order valence-electron chi connectivity index (χ4n) is 2.61. The van der Waals surface area contributed by atoms with Crippen molar-refractivity contribution in [3.63, 3.8) is 0 Å². The molecule has 2 aromatic heterocycles. The van der Waals surface area contributed by atoms with Gasteiger partial charge in [-0.15, -0.1) is 6.58 Å². The minimum atomic E-state index is -3.64. The summed E-state index contributed by atoms with van der Waals surface area (Å²) in [7, 11) is -3.64. The van der Waals surface area contributed by atoms with Gasteiger partial charge in [-0.2, -0.15) is 0 Å². The molecule has 142 valence electrons. The minimum Gasteiger partial charge on any atom is -0.356 e. The molecule has 2 heterocycles. The van der Waals surface area contributed by atoms with Crippen LogP contribution in [0.4, 0.5) is 0 Å². The molecule has 0 atom stereocenters. The van der Waals surface area contributed by atoms with Crippen molar-refractivity contribution in [1.82, 2.24) is 19.1 Å². The summed E-state index contributed by atoms with van der Waals surface area (Å²) >= 11 is 0. The molecule has 0 spiro atoms. The second kappa shape index (κ2) is 7.72. The Morgan fingerprint density at radius 1 is 1.19 bits per heavy atom. The first-order valence-corrected chi connectivity index (χ1v) is 9.74. The lowest BCUT2D eigenvalue weighted by Crippen LogP contribution is -2.41. The summed E-state index contributed by atoms with van der Waals surface area (Å²) in [5.74, 6) is -0.390. The molecular weight excluding hydrogens is 372 g/mol. The topological polar surface area (TPSA) is 116 Å². The molecular formula is C17H18N4O5S. The van der Waals surface area contributed by atoms with Gasteiger partial charge in [0.25, 0.3) is 5.56 Å². The number of hydrogen-bond acceptors (Lipinski definition) is 6. The van der Waals surface area contributed by atoms with E-state index in [0.717, 1.165) is 4.57 Å². The molecule has 0 aliphatic rings. The van der Waals surface area contributed by atoms with Gasteiger partial charge in [0.2, 0.25) is 0 Å². The van der Waals surface area contributed by atoms with Gasteiger partial charge in [0.05, 0.1) is 23.6 Å². The summed E-state index contributed by atoms with van der Waals surface area (Å²) < 4.78 is 32.3. The summed E-state index contributed by atoms with van der Waals surface area (Å²) in [5.41, 5.74) is -1.06. The zero-order valence-corrected chi connectivity index (χ0v) is 15.2. The van der Waals surface area contributed by atoms with Crippen LogP contribution >= 0.6 is 0 Å². The fourth-order valence-corrected chi connectivity index (χ4v) is 3.84. The molecule has 9 nitrogen and oxygen atoms in total. The van der Waals surface area contributed by atoms with Crippen molar-refractivity contribution in [1.29, 1.82) is 0 Å². The Labute approximate surface area is 154 Å². The first-order chi connectivity index (χ1) is 13.0. The Morgan fingerprint density at radius 3 is 2.63 bits per heavy atom. The first kappa shape index (κ1) is 18.8. The van der Waals surface area contributed by atoms with Crippen LogP contribution in [0.25, 0.3) is 11.2 Å². The van der Waals surface area contributed by atoms with Crippen molar-refractivity contribution < 1.29 is 13.2 Å². The standard InChI is InChI=1S/C17H18N4O5S/c1-2-9-26-12-21-15-14(18-11-19-15)16(22)20(17(21)23)8-10-27(24,25)13-6-4-3-5-7-13/h2-7,11H,1,8-10,12H2,(H,18,19). The number of fused-ring (bicyclic) bond motifs is 1. The third-order valence-corrected chi connectivity index (χ3v) is 5.65. The number of H-pyrrole nitrogens is 1. The van der Waals surface area contributed by atoms with E-state index in [9.17, 15) is 18.0 Å². The summed E-state index contributed by atoms with van der Waals surface area (Å²) in [6.45, 7) is 3.31. The van der Waals surface area contributed by atoms with Crippen LogP contribution in [0.1, 0.15) is 0 Å². The summed E-state index contributed by atoms with van der Waals surface area (Å²) in [4.78, 5) is 32.1. The molecule has 0 fully saturated rings. The number of hydrogen-bond donors (Lipinski definition) is 1. The van der Waals surface area contributed by atoms with Crippen molar-refractivity contribution in [3.8, 4) is 0 Å². The highest BCUT2D eigenvalue weighted by molar-refractivity contribution is 7.91. The second-order valence-electron chi connectivity index (χ2n) is 5.69. The van der Waals surface area contributed by atoms with Crippen molar-refractivity contribution in [2.75, 3.05) is 12.4 Å². The molecule has 0 saturated heterocycles. The number of sulfone groups is 1. The van der Waals surface area contributed by atoms with Gasteiger partial charge >= 0.3 is 5.69 Å². The number of rotatable bonds is 8. The highest BCUT2D eigenvalue weighted by Gasteiger charge is 2.19. The summed E-state index contributed by atoms with van der Waals surface area (Å²) in [6.07, 6.45) is 2.82. The van der Waals surface area contributed by atoms with Crippen molar-refractivity contribution in [2.24, 2.45) is 0 Å². The SMILES string of the molecule is C=CCOCn1c(=O)n(CCS(=O)(=O)c2ccccc2)c(=O)c2[nH]cnc21. The third kappa shape index (κ3) is 3.76. The Balaban J connectivity index is 1.98. The number of aromatic nitrogens is 4. The molecule has 10 heteroatoms. The van der Waals surface area contributed by atoms with E-state index in [1.54, 1.807) is 18.2 Å². The molecule has 3 rings (SSSR count). The van der Waals surface area contributed by atoms with E-state index in [-0.39, 0.29) is 41.7 Å². The lowest BCUT2D eigenvalue weighted by molar-refractivity contribution is 0.0985. The van der Waals surface area contributed by atoms with Gasteiger partial charge in [0, 0.05) is 6.54 Å². The molecule has 0 bridgehead atoms. The molecule has 0 aliphatic carbocycles. The molecule has 0 radical (unpaired) electrons. The maximum Gasteiger partial charge on any atom is 0.334 e. The van der Waals surface area contributed by atoms with Gasteiger partial charge in [-0.05, 0) is 12.1 Å². The normalized spacial score (nSPS) is 11.7. The molecule has 1 aromatic carbocycles. The third-order valence-electron chi connectivity index (χ3n) is 3.94. The summed E-state index contributed by atoms with van der Waals surface area (Å²) in [5, 5.41) is 0. The quantitative estimate of drug-likeness (QED) is 0.443. The van der Waals surface area contributed by atoms with E-state index in [1.165, 1.54) is 29.1 Å². The Morgan fingerprint density at radius 2 is 1.93 bits per heavy atom. The van der Waals surface area contributed by atoms with E-state index >= 15 is 0 Å². The number of nitrogens with zero attached hydrogens (tertiary/aromatic N) is 3. The van der Waals surface area contributed by atoms with Gasteiger partial charge in [-0.25, -0.2) is 18.2 Å². The van der Waals surface area contributed by atoms with Gasteiger partial charge in [0.15, 0.2) is 15.5 Å². The van der Waals surface area contributed by atoms with Crippen LogP contribution in [0.15, 0.2) is 63.8 Å². The Hall–Kier alpha value is -2.98. The van der Waals surface area contributed by atoms with E-state index < -0.39 is 21.1 Å². The molecule has 0 aliphatic heterocycles. The monoisotopic (exact) mass is 390 g/mol. The summed E-state index contributed by atoms with van der Waals surface area (Å²) in [6, 6.07) is 7.87. The maximum absolute atomic E-state index is 12.7. The zero-order valence-electron chi connectivity index (χ0n) is 14.4. The maximum atomic E-state index is 12.7.